The van der Waals surface area contributed by atoms with Gasteiger partial charge in [0.2, 0.25) is 0 Å². The lowest BCUT2D eigenvalue weighted by Crippen LogP contribution is -2.17. The Kier molecular flexibility index (Phi) is 5.51. The summed E-state index contributed by atoms with van der Waals surface area (Å²) in [5.41, 5.74) is 0.698. The number of aromatic nitrogens is 2. The third-order valence-electron chi connectivity index (χ3n) is 4.54. The highest BCUT2D eigenvalue weighted by Gasteiger charge is 2.15. The second-order valence-electron chi connectivity index (χ2n) is 6.36. The minimum Gasteiger partial charge on any atom is -0.459 e. The number of halogens is 1. The normalized spacial score (nSPS) is 15.5. The lowest BCUT2D eigenvalue weighted by Gasteiger charge is -2.20. The van der Waals surface area contributed by atoms with Crippen molar-refractivity contribution < 1.29 is 9.53 Å². The van der Waals surface area contributed by atoms with E-state index in [2.05, 4.69) is 4.98 Å². The molecule has 24 heavy (non-hydrogen) atoms. The van der Waals surface area contributed by atoms with Gasteiger partial charge in [-0.05, 0) is 24.5 Å². The Morgan fingerprint density at radius 2 is 2.08 bits per heavy atom. The summed E-state index contributed by atoms with van der Waals surface area (Å²) in [6.07, 6.45) is 9.15. The Morgan fingerprint density at radius 1 is 1.29 bits per heavy atom. The van der Waals surface area contributed by atoms with Gasteiger partial charge in [-0.1, -0.05) is 43.7 Å². The Balaban J connectivity index is 1.56. The van der Waals surface area contributed by atoms with Gasteiger partial charge in [0.25, 0.3) is 5.56 Å². The van der Waals surface area contributed by atoms with Gasteiger partial charge in [-0.15, -0.1) is 0 Å². The van der Waals surface area contributed by atoms with Gasteiger partial charge in [0.05, 0.1) is 10.7 Å². The van der Waals surface area contributed by atoms with Crippen molar-refractivity contribution in [1.29, 1.82) is 0 Å². The molecular weight excluding hydrogens is 328 g/mol. The van der Waals surface area contributed by atoms with Gasteiger partial charge in [0.1, 0.15) is 12.3 Å². The molecule has 5 nitrogen and oxygen atoms in total. The monoisotopic (exact) mass is 348 g/mol. The number of ether oxygens (including phenoxy) is 1. The molecule has 2 aromatic rings. The molecule has 0 aliphatic heterocycles. The van der Waals surface area contributed by atoms with Gasteiger partial charge in [-0.2, -0.15) is 0 Å². The molecule has 128 valence electrons. The van der Waals surface area contributed by atoms with E-state index in [-0.39, 0.29) is 18.1 Å². The fourth-order valence-corrected chi connectivity index (χ4v) is 3.39. The van der Waals surface area contributed by atoms with Crippen molar-refractivity contribution in [3.8, 4) is 0 Å². The van der Waals surface area contributed by atoms with E-state index in [1.807, 2.05) is 0 Å². The van der Waals surface area contributed by atoms with Crippen molar-refractivity contribution in [3.63, 3.8) is 0 Å². The van der Waals surface area contributed by atoms with Crippen LogP contribution in [0.2, 0.25) is 5.02 Å². The molecule has 2 heterocycles. The summed E-state index contributed by atoms with van der Waals surface area (Å²) in [5.74, 6) is 0.429. The minimum absolute atomic E-state index is 0.0257. The van der Waals surface area contributed by atoms with Crippen molar-refractivity contribution in [2.75, 3.05) is 0 Å². The molecule has 0 amide bonds. The van der Waals surface area contributed by atoms with E-state index in [1.165, 1.54) is 48.8 Å². The fraction of sp³-hybridized carbons (Fsp3) is 0.500. The first-order chi connectivity index (χ1) is 11.6. The van der Waals surface area contributed by atoms with E-state index < -0.39 is 0 Å². The van der Waals surface area contributed by atoms with Gasteiger partial charge in [0.15, 0.2) is 0 Å². The molecule has 0 saturated heterocycles. The van der Waals surface area contributed by atoms with Crippen LogP contribution in [0.5, 0.6) is 0 Å². The van der Waals surface area contributed by atoms with E-state index in [9.17, 15) is 9.59 Å². The molecule has 6 heteroatoms. The first-order valence-corrected chi connectivity index (χ1v) is 8.83. The number of hydrogen-bond donors (Lipinski definition) is 0. The Labute approximate surface area is 145 Å². The number of carbonyl (C=O) groups excluding carboxylic acids is 1. The van der Waals surface area contributed by atoms with Gasteiger partial charge in [-0.25, -0.2) is 4.98 Å². The van der Waals surface area contributed by atoms with E-state index >= 15 is 0 Å². The van der Waals surface area contributed by atoms with Crippen LogP contribution in [0, 0.1) is 5.92 Å². The molecule has 0 unspecified atom stereocenters. The maximum absolute atomic E-state index is 12.1. The van der Waals surface area contributed by atoms with Crippen molar-refractivity contribution in [2.45, 2.75) is 51.6 Å². The first-order valence-electron chi connectivity index (χ1n) is 8.45. The summed E-state index contributed by atoms with van der Waals surface area (Å²) in [5, 5.41) is 0.466. The molecule has 1 aliphatic carbocycles. The quantitative estimate of drug-likeness (QED) is 0.772. The molecular formula is C18H21ClN2O3. The van der Waals surface area contributed by atoms with E-state index in [4.69, 9.17) is 16.3 Å². The molecule has 0 bridgehead atoms. The largest absolute Gasteiger partial charge is 0.459 e. The SMILES string of the molecule is O=C(CCC1CCCCC1)OCc1cc(=O)n2cc(Cl)ccc2n1. The Hall–Kier alpha value is -1.88. The molecule has 2 aromatic heterocycles. The predicted octanol–water partition coefficient (Wildman–Crippen LogP) is 3.75. The fourth-order valence-electron chi connectivity index (χ4n) is 3.22. The third kappa shape index (κ3) is 4.35. The molecule has 1 fully saturated rings. The second-order valence-corrected chi connectivity index (χ2v) is 6.80. The van der Waals surface area contributed by atoms with E-state index in [0.29, 0.717) is 28.7 Å². The highest BCUT2D eigenvalue weighted by molar-refractivity contribution is 6.30. The smallest absolute Gasteiger partial charge is 0.306 e. The van der Waals surface area contributed by atoms with Gasteiger partial charge in [0, 0.05) is 18.7 Å². The molecule has 0 radical (unpaired) electrons. The van der Waals surface area contributed by atoms with Crippen molar-refractivity contribution in [1.82, 2.24) is 9.38 Å². The van der Waals surface area contributed by atoms with E-state index in [0.717, 1.165) is 6.42 Å². The van der Waals surface area contributed by atoms with Gasteiger partial charge < -0.3 is 4.74 Å². The van der Waals surface area contributed by atoms with Crippen LogP contribution in [0.4, 0.5) is 0 Å². The zero-order valence-corrected chi connectivity index (χ0v) is 14.3. The molecule has 0 spiro atoms. The maximum Gasteiger partial charge on any atom is 0.306 e. The zero-order valence-electron chi connectivity index (χ0n) is 13.5. The van der Waals surface area contributed by atoms with Crippen LogP contribution >= 0.6 is 11.6 Å². The van der Waals surface area contributed by atoms with Gasteiger partial charge >= 0.3 is 5.97 Å². The average Bonchev–Trinajstić information content (AvgIpc) is 2.60. The number of rotatable bonds is 5. The van der Waals surface area contributed by atoms with Crippen LogP contribution in [0.1, 0.15) is 50.6 Å². The molecule has 0 N–H and O–H groups in total. The number of carbonyl (C=O) groups is 1. The van der Waals surface area contributed by atoms with Gasteiger partial charge in [-0.3, -0.25) is 14.0 Å². The summed E-state index contributed by atoms with van der Waals surface area (Å²) in [4.78, 5) is 28.3. The summed E-state index contributed by atoms with van der Waals surface area (Å²) < 4.78 is 6.64. The predicted molar refractivity (Wildman–Crippen MR) is 92.1 cm³/mol. The molecule has 1 aliphatic rings. The number of hydrogen-bond acceptors (Lipinski definition) is 4. The van der Waals surface area contributed by atoms with Crippen LogP contribution in [0.3, 0.4) is 0 Å². The standard InChI is InChI=1S/C18H21ClN2O3/c19-14-7-8-16-20-15(10-17(22)21(16)11-14)12-24-18(23)9-6-13-4-2-1-3-5-13/h7-8,10-11,13H,1-6,9,12H2. The summed E-state index contributed by atoms with van der Waals surface area (Å²) in [7, 11) is 0. The van der Waals surface area contributed by atoms with E-state index in [1.54, 1.807) is 12.1 Å². The molecule has 0 aromatic carbocycles. The lowest BCUT2D eigenvalue weighted by atomic mass is 9.86. The number of fused-ring (bicyclic) bond motifs is 1. The average molecular weight is 349 g/mol. The zero-order chi connectivity index (χ0) is 16.9. The second kappa shape index (κ2) is 7.79. The third-order valence-corrected chi connectivity index (χ3v) is 4.76. The maximum atomic E-state index is 12.1. The van der Waals surface area contributed by atoms with Crippen LogP contribution in [-0.2, 0) is 16.1 Å². The first kappa shape index (κ1) is 17.0. The van der Waals surface area contributed by atoms with Crippen molar-refractivity contribution in [2.24, 2.45) is 5.92 Å². The van der Waals surface area contributed by atoms with Crippen LogP contribution in [0.15, 0.2) is 29.2 Å². The molecule has 1 saturated carbocycles. The number of nitrogens with zero attached hydrogens (tertiary/aromatic N) is 2. The van der Waals surface area contributed by atoms with Crippen molar-refractivity contribution >= 4 is 23.2 Å². The van der Waals surface area contributed by atoms with Crippen LogP contribution < -0.4 is 5.56 Å². The Morgan fingerprint density at radius 3 is 2.88 bits per heavy atom. The number of pyridine rings is 1. The topological polar surface area (TPSA) is 60.7 Å². The minimum atomic E-state index is -0.240. The van der Waals surface area contributed by atoms with Crippen LogP contribution in [-0.4, -0.2) is 15.4 Å². The van der Waals surface area contributed by atoms with Crippen molar-refractivity contribution in [3.05, 3.63) is 45.5 Å². The molecule has 3 rings (SSSR count). The summed E-state index contributed by atoms with van der Waals surface area (Å²) in [6.45, 7) is 0.0257. The number of esters is 1. The molecule has 0 atom stereocenters. The highest BCUT2D eigenvalue weighted by Crippen LogP contribution is 2.27. The van der Waals surface area contributed by atoms with Crippen LogP contribution in [0.25, 0.3) is 5.65 Å². The lowest BCUT2D eigenvalue weighted by molar-refractivity contribution is -0.145. The highest BCUT2D eigenvalue weighted by atomic mass is 35.5. The Bertz CT molecular complexity index is 781. The summed E-state index contributed by atoms with van der Waals surface area (Å²) >= 11 is 5.88. The summed E-state index contributed by atoms with van der Waals surface area (Å²) in [6, 6.07) is 4.71.